The molecule has 0 N–H and O–H groups in total. The third kappa shape index (κ3) is 6.26. The first kappa shape index (κ1) is 24.9. The number of aryl methyl sites for hydroxylation is 1. The molecule has 1 aliphatic rings. The van der Waals surface area contributed by atoms with Gasteiger partial charge in [-0.25, -0.2) is 0 Å². The first-order chi connectivity index (χ1) is 16.9. The van der Waals surface area contributed by atoms with E-state index in [-0.39, 0.29) is 17.7 Å². The molecule has 6 nitrogen and oxygen atoms in total. The monoisotopic (exact) mass is 553 g/mol. The van der Waals surface area contributed by atoms with E-state index in [0.717, 1.165) is 33.1 Å². The summed E-state index contributed by atoms with van der Waals surface area (Å²) in [5, 5.41) is -0.294. The van der Waals surface area contributed by atoms with Crippen LogP contribution in [0, 0.1) is 6.92 Å². The van der Waals surface area contributed by atoms with Crippen LogP contribution in [0.5, 0.6) is 17.2 Å². The van der Waals surface area contributed by atoms with Crippen molar-refractivity contribution >= 4 is 44.9 Å². The molecule has 180 valence electrons. The number of carbonyl (C=O) groups is 2. The molecule has 8 heteroatoms. The van der Waals surface area contributed by atoms with Crippen LogP contribution in [-0.4, -0.2) is 36.4 Å². The van der Waals surface area contributed by atoms with Crippen molar-refractivity contribution in [3.05, 3.63) is 92.8 Å². The topological polar surface area (TPSA) is 65.1 Å². The van der Waals surface area contributed by atoms with Crippen molar-refractivity contribution in [2.75, 3.05) is 20.3 Å². The van der Waals surface area contributed by atoms with Crippen molar-refractivity contribution in [1.82, 2.24) is 4.90 Å². The summed E-state index contributed by atoms with van der Waals surface area (Å²) in [6.07, 6.45) is 1.69. The average Bonchev–Trinajstić information content (AvgIpc) is 3.12. The van der Waals surface area contributed by atoms with E-state index >= 15 is 0 Å². The van der Waals surface area contributed by atoms with Crippen molar-refractivity contribution in [2.45, 2.75) is 13.5 Å². The lowest BCUT2D eigenvalue weighted by atomic mass is 10.1. The second-order valence-corrected chi connectivity index (χ2v) is 9.63. The van der Waals surface area contributed by atoms with Crippen LogP contribution in [0.3, 0.4) is 0 Å². The molecule has 0 saturated carbocycles. The lowest BCUT2D eigenvalue weighted by Crippen LogP contribution is -2.27. The molecule has 1 aliphatic heterocycles. The van der Waals surface area contributed by atoms with Gasteiger partial charge in [-0.15, -0.1) is 0 Å². The Morgan fingerprint density at radius 3 is 2.43 bits per heavy atom. The maximum Gasteiger partial charge on any atom is 0.293 e. The summed E-state index contributed by atoms with van der Waals surface area (Å²) in [5.74, 6) is 1.57. The number of hydrogen-bond donors (Lipinski definition) is 0. The number of imide groups is 1. The van der Waals surface area contributed by atoms with Gasteiger partial charge in [0.1, 0.15) is 19.0 Å². The fourth-order valence-corrected chi connectivity index (χ4v) is 4.67. The summed E-state index contributed by atoms with van der Waals surface area (Å²) in [6, 6.07) is 20.7. The Morgan fingerprint density at radius 1 is 0.943 bits per heavy atom. The summed E-state index contributed by atoms with van der Waals surface area (Å²) in [6.45, 7) is 2.97. The second kappa shape index (κ2) is 11.5. The maximum absolute atomic E-state index is 12.9. The van der Waals surface area contributed by atoms with Gasteiger partial charge in [0.2, 0.25) is 0 Å². The fourth-order valence-electron chi connectivity index (χ4n) is 3.42. The summed E-state index contributed by atoms with van der Waals surface area (Å²) >= 11 is 4.40. The Balaban J connectivity index is 1.39. The molecule has 1 saturated heterocycles. The molecule has 3 aromatic rings. The molecule has 4 rings (SSSR count). The smallest absolute Gasteiger partial charge is 0.293 e. The Kier molecular flexibility index (Phi) is 8.15. The normalized spacial score (nSPS) is 14.5. The number of amides is 2. The molecule has 0 aliphatic carbocycles. The molecule has 0 radical (unpaired) electrons. The Morgan fingerprint density at radius 2 is 1.69 bits per heavy atom. The molecule has 1 fully saturated rings. The highest BCUT2D eigenvalue weighted by molar-refractivity contribution is 9.10. The predicted molar refractivity (Wildman–Crippen MR) is 141 cm³/mol. The fraction of sp³-hybridized carbons (Fsp3) is 0.185. The third-order valence-electron chi connectivity index (χ3n) is 5.28. The number of benzene rings is 3. The lowest BCUT2D eigenvalue weighted by Gasteiger charge is -2.13. The average molecular weight is 554 g/mol. The molecule has 1 heterocycles. The van der Waals surface area contributed by atoms with E-state index in [9.17, 15) is 9.59 Å². The Bertz CT molecular complexity index is 1260. The highest BCUT2D eigenvalue weighted by Gasteiger charge is 2.35. The predicted octanol–water partition coefficient (Wildman–Crippen LogP) is 6.46. The van der Waals surface area contributed by atoms with E-state index < -0.39 is 0 Å². The Labute approximate surface area is 217 Å². The van der Waals surface area contributed by atoms with Crippen molar-refractivity contribution in [2.24, 2.45) is 0 Å². The number of hydrogen-bond acceptors (Lipinski definition) is 6. The number of carbonyl (C=O) groups excluding carboxylic acids is 2. The van der Waals surface area contributed by atoms with Crippen LogP contribution in [0.4, 0.5) is 4.79 Å². The van der Waals surface area contributed by atoms with Crippen molar-refractivity contribution in [3.63, 3.8) is 0 Å². The SMILES string of the molecule is COc1cc(/C=C2\SC(=O)N(Cc3ccccc3Br)C2=O)ccc1OCCOc1ccc(C)cc1. The zero-order valence-electron chi connectivity index (χ0n) is 19.3. The van der Waals surface area contributed by atoms with Gasteiger partial charge < -0.3 is 14.2 Å². The highest BCUT2D eigenvalue weighted by atomic mass is 79.9. The summed E-state index contributed by atoms with van der Waals surface area (Å²) in [4.78, 5) is 27.0. The first-order valence-corrected chi connectivity index (χ1v) is 12.5. The lowest BCUT2D eigenvalue weighted by molar-refractivity contribution is -0.123. The van der Waals surface area contributed by atoms with Crippen LogP contribution in [0.1, 0.15) is 16.7 Å². The molecule has 0 spiro atoms. The number of methoxy groups -OCH3 is 1. The molecule has 2 amide bonds. The van der Waals surface area contributed by atoms with Gasteiger partial charge in [-0.05, 0) is 66.2 Å². The Hall–Kier alpha value is -3.23. The van der Waals surface area contributed by atoms with Crippen molar-refractivity contribution in [3.8, 4) is 17.2 Å². The molecule has 3 aromatic carbocycles. The van der Waals surface area contributed by atoms with Gasteiger partial charge in [0.05, 0.1) is 18.6 Å². The van der Waals surface area contributed by atoms with E-state index in [1.807, 2.05) is 61.5 Å². The number of ether oxygens (including phenoxy) is 3. The molecule has 0 atom stereocenters. The minimum Gasteiger partial charge on any atom is -0.493 e. The van der Waals surface area contributed by atoms with Gasteiger partial charge in [-0.1, -0.05) is 57.9 Å². The third-order valence-corrected chi connectivity index (χ3v) is 6.96. The minimum atomic E-state index is -0.316. The van der Waals surface area contributed by atoms with Gasteiger partial charge in [-0.2, -0.15) is 0 Å². The number of nitrogens with zero attached hydrogens (tertiary/aromatic N) is 1. The van der Waals surface area contributed by atoms with E-state index in [2.05, 4.69) is 15.9 Å². The maximum atomic E-state index is 12.9. The van der Waals surface area contributed by atoms with Gasteiger partial charge in [0, 0.05) is 4.47 Å². The highest BCUT2D eigenvalue weighted by Crippen LogP contribution is 2.36. The molecular weight excluding hydrogens is 530 g/mol. The quantitative estimate of drug-likeness (QED) is 0.224. The van der Waals surface area contributed by atoms with Gasteiger partial charge in [-0.3, -0.25) is 14.5 Å². The second-order valence-electron chi connectivity index (χ2n) is 7.78. The molecule has 0 aromatic heterocycles. The number of thioether (sulfide) groups is 1. The number of halogens is 1. The van der Waals surface area contributed by atoms with E-state index in [1.165, 1.54) is 10.5 Å². The minimum absolute atomic E-state index is 0.212. The number of rotatable bonds is 9. The molecular formula is C27H24BrNO5S. The van der Waals surface area contributed by atoms with Crippen molar-refractivity contribution in [1.29, 1.82) is 0 Å². The van der Waals surface area contributed by atoms with Gasteiger partial charge >= 0.3 is 0 Å². The van der Waals surface area contributed by atoms with Crippen LogP contribution in [0.2, 0.25) is 0 Å². The van der Waals surface area contributed by atoms with Gasteiger partial charge in [0.15, 0.2) is 11.5 Å². The van der Waals surface area contributed by atoms with Crippen LogP contribution in [-0.2, 0) is 11.3 Å². The molecule has 35 heavy (non-hydrogen) atoms. The summed E-state index contributed by atoms with van der Waals surface area (Å²) in [5.41, 5.74) is 2.77. The van der Waals surface area contributed by atoms with Gasteiger partial charge in [0.25, 0.3) is 11.1 Å². The van der Waals surface area contributed by atoms with Crippen molar-refractivity contribution < 1.29 is 23.8 Å². The van der Waals surface area contributed by atoms with E-state index in [1.54, 1.807) is 25.3 Å². The van der Waals surface area contributed by atoms with Crippen LogP contribution >= 0.6 is 27.7 Å². The standard InChI is InChI=1S/C27H24BrNO5S/c1-18-7-10-21(11-8-18)33-13-14-34-23-12-9-19(15-24(23)32-2)16-25-26(30)29(27(31)35-25)17-20-5-3-4-6-22(20)28/h3-12,15-16H,13-14,17H2,1-2H3/b25-16-. The summed E-state index contributed by atoms with van der Waals surface area (Å²) < 4.78 is 17.8. The largest absolute Gasteiger partial charge is 0.493 e. The zero-order chi connectivity index (χ0) is 24.8. The van der Waals surface area contributed by atoms with E-state index in [4.69, 9.17) is 14.2 Å². The van der Waals surface area contributed by atoms with Crippen LogP contribution in [0.15, 0.2) is 76.1 Å². The molecule has 0 bridgehead atoms. The van der Waals surface area contributed by atoms with Crippen LogP contribution < -0.4 is 14.2 Å². The first-order valence-electron chi connectivity index (χ1n) is 10.9. The zero-order valence-corrected chi connectivity index (χ0v) is 21.7. The van der Waals surface area contributed by atoms with E-state index in [0.29, 0.717) is 29.6 Å². The van der Waals surface area contributed by atoms with Crippen LogP contribution in [0.25, 0.3) is 6.08 Å². The molecule has 0 unspecified atom stereocenters. The summed E-state index contributed by atoms with van der Waals surface area (Å²) in [7, 11) is 1.56.